The van der Waals surface area contributed by atoms with Crippen LogP contribution in [0.5, 0.6) is 0 Å². The van der Waals surface area contributed by atoms with Crippen LogP contribution in [-0.4, -0.2) is 28.6 Å². The predicted molar refractivity (Wildman–Crippen MR) is 75.2 cm³/mol. The Hall–Kier alpha value is -1.00. The first-order chi connectivity index (χ1) is 8.77. The van der Waals surface area contributed by atoms with Crippen LogP contribution in [-0.2, 0) is 6.54 Å². The molecule has 98 valence electrons. The van der Waals surface area contributed by atoms with Gasteiger partial charge in [0.15, 0.2) is 0 Å². The van der Waals surface area contributed by atoms with Gasteiger partial charge in [0.05, 0.1) is 5.56 Å². The highest BCUT2D eigenvalue weighted by Crippen LogP contribution is 2.24. The number of carboxylic acid groups (broad SMARTS) is 1. The van der Waals surface area contributed by atoms with Crippen molar-refractivity contribution in [2.24, 2.45) is 0 Å². The van der Waals surface area contributed by atoms with Crippen molar-refractivity contribution in [1.82, 2.24) is 5.32 Å². The van der Waals surface area contributed by atoms with E-state index in [2.05, 4.69) is 5.32 Å². The lowest BCUT2D eigenvalue weighted by Gasteiger charge is -2.21. The van der Waals surface area contributed by atoms with Gasteiger partial charge in [-0.1, -0.05) is 24.6 Å². The lowest BCUT2D eigenvalue weighted by atomic mass is 10.1. The van der Waals surface area contributed by atoms with E-state index in [1.165, 1.54) is 25.0 Å². The monoisotopic (exact) mass is 265 g/mol. The number of hydrogen-bond acceptors (Lipinski definition) is 3. The van der Waals surface area contributed by atoms with Crippen LogP contribution in [0, 0.1) is 0 Å². The Bertz CT molecular complexity index is 403. The highest BCUT2D eigenvalue weighted by Gasteiger charge is 2.14. The van der Waals surface area contributed by atoms with Gasteiger partial charge in [0.1, 0.15) is 0 Å². The molecule has 1 heterocycles. The Kier molecular flexibility index (Phi) is 5.08. The summed E-state index contributed by atoms with van der Waals surface area (Å²) in [7, 11) is 0. The fraction of sp³-hybridized carbons (Fsp3) is 0.500. The highest BCUT2D eigenvalue weighted by atomic mass is 32.2. The van der Waals surface area contributed by atoms with Crippen molar-refractivity contribution in [3.63, 3.8) is 0 Å². The van der Waals surface area contributed by atoms with E-state index in [-0.39, 0.29) is 0 Å². The molecule has 0 aromatic heterocycles. The lowest BCUT2D eigenvalue weighted by molar-refractivity contribution is 0.0695. The summed E-state index contributed by atoms with van der Waals surface area (Å²) in [4.78, 5) is 11.1. The third-order valence-electron chi connectivity index (χ3n) is 3.21. The van der Waals surface area contributed by atoms with E-state index in [1.807, 2.05) is 23.9 Å². The zero-order chi connectivity index (χ0) is 12.8. The highest BCUT2D eigenvalue weighted by molar-refractivity contribution is 7.99. The number of benzene rings is 1. The van der Waals surface area contributed by atoms with Crippen molar-refractivity contribution >= 4 is 17.7 Å². The van der Waals surface area contributed by atoms with Gasteiger partial charge in [-0.15, -0.1) is 0 Å². The maximum absolute atomic E-state index is 11.1. The summed E-state index contributed by atoms with van der Waals surface area (Å²) in [6.45, 7) is 1.61. The Morgan fingerprint density at radius 3 is 2.94 bits per heavy atom. The van der Waals surface area contributed by atoms with Gasteiger partial charge in [0, 0.05) is 18.3 Å². The van der Waals surface area contributed by atoms with Gasteiger partial charge in [0.2, 0.25) is 0 Å². The van der Waals surface area contributed by atoms with Gasteiger partial charge in [-0.3, -0.25) is 0 Å². The van der Waals surface area contributed by atoms with Crippen molar-refractivity contribution in [2.75, 3.05) is 12.3 Å². The minimum absolute atomic E-state index is 0.404. The molecule has 3 nitrogen and oxygen atoms in total. The van der Waals surface area contributed by atoms with Crippen LogP contribution in [0.2, 0.25) is 0 Å². The largest absolute Gasteiger partial charge is 0.478 e. The van der Waals surface area contributed by atoms with Crippen LogP contribution in [0.15, 0.2) is 24.3 Å². The molecule has 1 saturated heterocycles. The van der Waals surface area contributed by atoms with Gasteiger partial charge in [-0.2, -0.15) is 11.8 Å². The molecule has 1 fully saturated rings. The number of aromatic carboxylic acids is 1. The molecule has 0 saturated carbocycles. The Labute approximate surface area is 112 Å². The molecule has 1 aliphatic rings. The summed E-state index contributed by atoms with van der Waals surface area (Å²) >= 11 is 2.03. The van der Waals surface area contributed by atoms with E-state index in [0.29, 0.717) is 17.4 Å². The molecule has 4 heteroatoms. The minimum atomic E-state index is -0.848. The van der Waals surface area contributed by atoms with Gasteiger partial charge >= 0.3 is 5.97 Å². The minimum Gasteiger partial charge on any atom is -0.478 e. The molecule has 1 aromatic carbocycles. The second-order valence-electron chi connectivity index (χ2n) is 4.58. The average molecular weight is 265 g/mol. The molecule has 1 atom stereocenters. The maximum atomic E-state index is 11.1. The first-order valence-electron chi connectivity index (χ1n) is 6.41. The van der Waals surface area contributed by atoms with Crippen molar-refractivity contribution in [2.45, 2.75) is 31.1 Å². The van der Waals surface area contributed by atoms with Gasteiger partial charge in [-0.25, -0.2) is 4.79 Å². The zero-order valence-electron chi connectivity index (χ0n) is 10.4. The van der Waals surface area contributed by atoms with Crippen LogP contribution in [0.3, 0.4) is 0 Å². The van der Waals surface area contributed by atoms with Crippen LogP contribution in [0.25, 0.3) is 0 Å². The third-order valence-corrected chi connectivity index (χ3v) is 4.61. The van der Waals surface area contributed by atoms with Crippen molar-refractivity contribution < 1.29 is 9.90 Å². The zero-order valence-corrected chi connectivity index (χ0v) is 11.2. The molecule has 0 amide bonds. The number of nitrogens with one attached hydrogen (secondary N) is 1. The van der Waals surface area contributed by atoms with Crippen LogP contribution >= 0.6 is 11.8 Å². The molecule has 0 bridgehead atoms. The topological polar surface area (TPSA) is 49.3 Å². The van der Waals surface area contributed by atoms with Crippen LogP contribution in [0.4, 0.5) is 0 Å². The molecule has 18 heavy (non-hydrogen) atoms. The maximum Gasteiger partial charge on any atom is 0.336 e. The first kappa shape index (κ1) is 13.4. The second-order valence-corrected chi connectivity index (χ2v) is 5.99. The Balaban J connectivity index is 1.84. The van der Waals surface area contributed by atoms with E-state index < -0.39 is 5.97 Å². The Morgan fingerprint density at radius 2 is 2.22 bits per heavy atom. The molecule has 1 unspecified atom stereocenters. The van der Waals surface area contributed by atoms with E-state index >= 15 is 0 Å². The fourth-order valence-corrected chi connectivity index (χ4v) is 3.49. The van der Waals surface area contributed by atoms with E-state index in [4.69, 9.17) is 5.11 Å². The van der Waals surface area contributed by atoms with E-state index in [9.17, 15) is 4.79 Å². The number of carbonyl (C=O) groups is 1. The van der Waals surface area contributed by atoms with Crippen molar-refractivity contribution in [1.29, 1.82) is 0 Å². The normalized spacial score (nSPS) is 19.7. The quantitative estimate of drug-likeness (QED) is 0.859. The molecule has 0 radical (unpaired) electrons. The summed E-state index contributed by atoms with van der Waals surface area (Å²) < 4.78 is 0. The van der Waals surface area contributed by atoms with Gasteiger partial charge in [0.25, 0.3) is 0 Å². The SMILES string of the molecule is O=C(O)c1ccccc1CNCC1CCCCS1. The summed E-state index contributed by atoms with van der Waals surface area (Å²) in [5.74, 6) is 0.414. The summed E-state index contributed by atoms with van der Waals surface area (Å²) in [6.07, 6.45) is 3.94. The smallest absolute Gasteiger partial charge is 0.336 e. The fourth-order valence-electron chi connectivity index (χ4n) is 2.22. The lowest BCUT2D eigenvalue weighted by Crippen LogP contribution is -2.27. The van der Waals surface area contributed by atoms with Gasteiger partial charge in [-0.05, 0) is 30.2 Å². The summed E-state index contributed by atoms with van der Waals surface area (Å²) in [5.41, 5.74) is 1.27. The van der Waals surface area contributed by atoms with Crippen LogP contribution in [0.1, 0.15) is 35.2 Å². The number of hydrogen-bond donors (Lipinski definition) is 2. The molecule has 2 rings (SSSR count). The van der Waals surface area contributed by atoms with E-state index in [1.54, 1.807) is 12.1 Å². The molecule has 1 aliphatic heterocycles. The predicted octanol–water partition coefficient (Wildman–Crippen LogP) is 2.76. The summed E-state index contributed by atoms with van der Waals surface area (Å²) in [6, 6.07) is 7.20. The molecular weight excluding hydrogens is 246 g/mol. The number of rotatable bonds is 5. The molecule has 0 spiro atoms. The molecule has 2 N–H and O–H groups in total. The molecular formula is C14H19NO2S. The second kappa shape index (κ2) is 6.81. The summed E-state index contributed by atoms with van der Waals surface area (Å²) in [5, 5.41) is 13.2. The third kappa shape index (κ3) is 3.75. The standard InChI is InChI=1S/C14H19NO2S/c16-14(17)13-7-2-1-5-11(13)9-15-10-12-6-3-4-8-18-12/h1-2,5,7,12,15H,3-4,6,8-10H2,(H,16,17). The van der Waals surface area contributed by atoms with Crippen molar-refractivity contribution in [3.05, 3.63) is 35.4 Å². The average Bonchev–Trinajstić information content (AvgIpc) is 2.40. The first-order valence-corrected chi connectivity index (χ1v) is 7.46. The van der Waals surface area contributed by atoms with Gasteiger partial charge < -0.3 is 10.4 Å². The number of carboxylic acids is 1. The van der Waals surface area contributed by atoms with Crippen molar-refractivity contribution in [3.8, 4) is 0 Å². The molecule has 1 aromatic rings. The van der Waals surface area contributed by atoms with E-state index in [0.717, 1.165) is 12.1 Å². The Morgan fingerprint density at radius 1 is 1.39 bits per heavy atom. The van der Waals surface area contributed by atoms with Crippen LogP contribution < -0.4 is 5.32 Å². The molecule has 0 aliphatic carbocycles. The number of thioether (sulfide) groups is 1.